The van der Waals surface area contributed by atoms with Gasteiger partial charge in [-0.15, -0.1) is 0 Å². The molecule has 0 radical (unpaired) electrons. The Hall–Kier alpha value is 0.140. The molecule has 0 bridgehead atoms. The van der Waals surface area contributed by atoms with Gasteiger partial charge in [-0.25, -0.2) is 0 Å². The van der Waals surface area contributed by atoms with E-state index in [0.29, 0.717) is 15.1 Å². The van der Waals surface area contributed by atoms with Crippen molar-refractivity contribution in [3.63, 3.8) is 0 Å². The van der Waals surface area contributed by atoms with E-state index in [1.807, 2.05) is 0 Å². The van der Waals surface area contributed by atoms with Crippen LogP contribution in [0.1, 0.15) is 17.3 Å². The van der Waals surface area contributed by atoms with Crippen LogP contribution in [-0.4, -0.2) is 5.78 Å². The van der Waals surface area contributed by atoms with Crippen molar-refractivity contribution in [1.29, 1.82) is 0 Å². The first-order valence-corrected chi connectivity index (χ1v) is 5.15. The molecule has 1 aromatic carbocycles. The van der Waals surface area contributed by atoms with Gasteiger partial charge in [0.15, 0.2) is 5.78 Å². The smallest absolute Gasteiger partial charge is 0.162 e. The van der Waals surface area contributed by atoms with Crippen LogP contribution in [0.15, 0.2) is 21.1 Å². The summed E-state index contributed by atoms with van der Waals surface area (Å²) >= 11 is 12.4. The molecule has 0 spiro atoms. The second-order valence-corrected chi connectivity index (χ2v) is 4.33. The van der Waals surface area contributed by atoms with E-state index in [9.17, 15) is 4.79 Å². The Kier molecular flexibility index (Phi) is 3.32. The van der Waals surface area contributed by atoms with E-state index in [-0.39, 0.29) is 5.78 Å². The van der Waals surface area contributed by atoms with E-state index in [1.165, 1.54) is 6.92 Å². The molecule has 64 valence electrons. The monoisotopic (exact) mass is 310 g/mol. The molecule has 0 fully saturated rings. The fourth-order valence-corrected chi connectivity index (χ4v) is 2.21. The summed E-state index contributed by atoms with van der Waals surface area (Å²) in [5.41, 5.74) is 0.519. The molecule has 0 atom stereocenters. The lowest BCUT2D eigenvalue weighted by molar-refractivity contribution is 0.101. The minimum Gasteiger partial charge on any atom is -0.294 e. The number of carbonyl (C=O) groups is 1. The van der Waals surface area contributed by atoms with E-state index < -0.39 is 0 Å². The maximum Gasteiger partial charge on any atom is 0.162 e. The highest BCUT2D eigenvalue weighted by atomic mass is 79.9. The van der Waals surface area contributed by atoms with E-state index >= 15 is 0 Å². The maximum atomic E-state index is 11.1. The highest BCUT2D eigenvalue weighted by Gasteiger charge is 2.12. The van der Waals surface area contributed by atoms with Crippen molar-refractivity contribution in [2.45, 2.75) is 6.92 Å². The van der Waals surface area contributed by atoms with Crippen LogP contribution in [0.25, 0.3) is 0 Å². The lowest BCUT2D eigenvalue weighted by atomic mass is 10.1. The van der Waals surface area contributed by atoms with E-state index in [0.717, 1.165) is 4.47 Å². The highest BCUT2D eigenvalue weighted by molar-refractivity contribution is 9.13. The molecule has 0 heterocycles. The van der Waals surface area contributed by atoms with Gasteiger partial charge in [0, 0.05) is 8.95 Å². The number of hydrogen-bond acceptors (Lipinski definition) is 1. The molecule has 0 amide bonds. The summed E-state index contributed by atoms with van der Waals surface area (Å²) in [6, 6.07) is 3.48. The molecular weight excluding hydrogens is 307 g/mol. The van der Waals surface area contributed by atoms with Crippen molar-refractivity contribution in [3.8, 4) is 0 Å². The van der Waals surface area contributed by atoms with Crippen molar-refractivity contribution in [1.82, 2.24) is 0 Å². The first-order valence-electron chi connectivity index (χ1n) is 3.18. The first kappa shape index (κ1) is 10.2. The molecule has 1 rings (SSSR count). The Morgan fingerprint density at radius 1 is 1.42 bits per heavy atom. The van der Waals surface area contributed by atoms with Gasteiger partial charge in [-0.05, 0) is 50.9 Å². The van der Waals surface area contributed by atoms with Crippen molar-refractivity contribution in [2.24, 2.45) is 0 Å². The van der Waals surface area contributed by atoms with Gasteiger partial charge in [0.1, 0.15) is 0 Å². The van der Waals surface area contributed by atoms with Gasteiger partial charge in [0.2, 0.25) is 0 Å². The Morgan fingerprint density at radius 3 is 2.42 bits per heavy atom. The van der Waals surface area contributed by atoms with Gasteiger partial charge in [-0.2, -0.15) is 0 Å². The molecule has 0 saturated carbocycles. The van der Waals surface area contributed by atoms with Crippen LogP contribution in [0.2, 0.25) is 5.02 Å². The van der Waals surface area contributed by atoms with E-state index in [4.69, 9.17) is 11.6 Å². The van der Waals surface area contributed by atoms with Crippen LogP contribution in [0.5, 0.6) is 0 Å². The minimum atomic E-state index is -0.0480. The predicted molar refractivity (Wildman–Crippen MR) is 56.9 cm³/mol. The van der Waals surface area contributed by atoms with Crippen LogP contribution in [-0.2, 0) is 0 Å². The number of hydrogen-bond donors (Lipinski definition) is 0. The topological polar surface area (TPSA) is 17.1 Å². The third-order valence-corrected chi connectivity index (χ3v) is 3.73. The summed E-state index contributed by atoms with van der Waals surface area (Å²) in [5, 5.41) is 0.470. The lowest BCUT2D eigenvalue weighted by Gasteiger charge is -2.04. The number of ketones is 1. The predicted octanol–water partition coefficient (Wildman–Crippen LogP) is 4.07. The van der Waals surface area contributed by atoms with Gasteiger partial charge < -0.3 is 0 Å². The summed E-state index contributed by atoms with van der Waals surface area (Å²) < 4.78 is 1.54. The Morgan fingerprint density at radius 2 is 2.00 bits per heavy atom. The zero-order valence-electron chi connectivity index (χ0n) is 6.20. The molecule has 4 heteroatoms. The molecule has 0 unspecified atom stereocenters. The van der Waals surface area contributed by atoms with Crippen LogP contribution < -0.4 is 0 Å². The molecule has 0 aliphatic rings. The molecule has 1 nitrogen and oxygen atoms in total. The standard InChI is InChI=1S/C8H5Br2ClO/c1-4(12)7-6(11)3-2-5(9)8(7)10/h2-3H,1H3. The summed E-state index contributed by atoms with van der Waals surface area (Å²) in [5.74, 6) is -0.0480. The normalized spacial score (nSPS) is 10.0. The van der Waals surface area contributed by atoms with Crippen LogP contribution >= 0.6 is 43.5 Å². The zero-order valence-corrected chi connectivity index (χ0v) is 10.1. The Bertz CT molecular complexity index is 336. The second kappa shape index (κ2) is 3.90. The van der Waals surface area contributed by atoms with Gasteiger partial charge in [0.05, 0.1) is 10.6 Å². The second-order valence-electron chi connectivity index (χ2n) is 2.27. The third kappa shape index (κ3) is 1.90. The van der Waals surface area contributed by atoms with Crippen LogP contribution in [0, 0.1) is 0 Å². The van der Waals surface area contributed by atoms with Crippen molar-refractivity contribution in [3.05, 3.63) is 31.7 Å². The molecular formula is C8H5Br2ClO. The fraction of sp³-hybridized carbons (Fsp3) is 0.125. The number of halogens is 3. The van der Waals surface area contributed by atoms with Crippen molar-refractivity contribution < 1.29 is 4.79 Å². The summed E-state index contributed by atoms with van der Waals surface area (Å²) in [6.45, 7) is 1.48. The number of carbonyl (C=O) groups excluding carboxylic acids is 1. The van der Waals surface area contributed by atoms with Crippen LogP contribution in [0.4, 0.5) is 0 Å². The van der Waals surface area contributed by atoms with E-state index in [2.05, 4.69) is 31.9 Å². The summed E-state index contributed by atoms with van der Waals surface area (Å²) in [4.78, 5) is 11.1. The Labute approximate surface area is 92.4 Å². The molecule has 0 aromatic heterocycles. The molecule has 0 N–H and O–H groups in total. The quantitative estimate of drug-likeness (QED) is 0.564. The fourth-order valence-electron chi connectivity index (χ4n) is 0.850. The summed E-state index contributed by atoms with van der Waals surface area (Å²) in [6.07, 6.45) is 0. The van der Waals surface area contributed by atoms with Gasteiger partial charge in [-0.1, -0.05) is 11.6 Å². The molecule has 0 aliphatic heterocycles. The van der Waals surface area contributed by atoms with Crippen LogP contribution in [0.3, 0.4) is 0 Å². The average Bonchev–Trinajstić information content (AvgIpc) is 1.97. The van der Waals surface area contributed by atoms with Gasteiger partial charge in [0.25, 0.3) is 0 Å². The molecule has 1 aromatic rings. The largest absolute Gasteiger partial charge is 0.294 e. The lowest BCUT2D eigenvalue weighted by Crippen LogP contribution is -1.95. The molecule has 12 heavy (non-hydrogen) atoms. The highest BCUT2D eigenvalue weighted by Crippen LogP contribution is 2.32. The molecule has 0 saturated heterocycles. The van der Waals surface area contributed by atoms with Gasteiger partial charge >= 0.3 is 0 Å². The SMILES string of the molecule is CC(=O)c1c(Cl)ccc(Br)c1Br. The van der Waals surface area contributed by atoms with Crippen molar-refractivity contribution >= 4 is 49.2 Å². The Balaban J connectivity index is 3.43. The van der Waals surface area contributed by atoms with Gasteiger partial charge in [-0.3, -0.25) is 4.79 Å². The number of rotatable bonds is 1. The maximum absolute atomic E-state index is 11.1. The number of Topliss-reactive ketones (excluding diaryl/α,β-unsaturated/α-hetero) is 1. The summed E-state index contributed by atoms with van der Waals surface area (Å²) in [7, 11) is 0. The molecule has 0 aliphatic carbocycles. The zero-order chi connectivity index (χ0) is 9.30. The average molecular weight is 312 g/mol. The minimum absolute atomic E-state index is 0.0480. The third-order valence-electron chi connectivity index (χ3n) is 1.40. The number of benzene rings is 1. The van der Waals surface area contributed by atoms with Crippen molar-refractivity contribution in [2.75, 3.05) is 0 Å². The first-order chi connectivity index (χ1) is 5.54. The van der Waals surface area contributed by atoms with E-state index in [1.54, 1.807) is 12.1 Å².